The third-order valence-corrected chi connectivity index (χ3v) is 3.05. The average Bonchev–Trinajstić information content (AvgIpc) is 2.04. The predicted molar refractivity (Wildman–Crippen MR) is 57.7 cm³/mol. The summed E-state index contributed by atoms with van der Waals surface area (Å²) in [5.74, 6) is 0.781. The SMILES string of the molecule is CC(C)(C)OC(=O)N1CC[C@H]2CN[C@H]2C1. The van der Waals surface area contributed by atoms with Crippen LogP contribution in [0.4, 0.5) is 4.79 Å². The van der Waals surface area contributed by atoms with E-state index in [0.29, 0.717) is 6.04 Å². The number of nitrogens with zero attached hydrogens (tertiary/aromatic N) is 1. The zero-order valence-electron chi connectivity index (χ0n) is 9.75. The molecule has 0 bridgehead atoms. The van der Waals surface area contributed by atoms with Gasteiger partial charge in [-0.25, -0.2) is 4.79 Å². The van der Waals surface area contributed by atoms with Crippen LogP contribution >= 0.6 is 0 Å². The smallest absolute Gasteiger partial charge is 0.410 e. The molecule has 0 radical (unpaired) electrons. The molecule has 2 saturated heterocycles. The third kappa shape index (κ3) is 2.43. The van der Waals surface area contributed by atoms with Crippen molar-refractivity contribution in [3.05, 3.63) is 0 Å². The number of amides is 1. The van der Waals surface area contributed by atoms with Crippen LogP contribution in [-0.2, 0) is 4.74 Å². The minimum Gasteiger partial charge on any atom is -0.444 e. The van der Waals surface area contributed by atoms with E-state index in [1.807, 2.05) is 25.7 Å². The lowest BCUT2D eigenvalue weighted by molar-refractivity contribution is 0.00580. The molecule has 86 valence electrons. The van der Waals surface area contributed by atoms with Gasteiger partial charge in [0.05, 0.1) is 0 Å². The number of hydrogen-bond donors (Lipinski definition) is 1. The van der Waals surface area contributed by atoms with E-state index < -0.39 is 0 Å². The Morgan fingerprint density at radius 3 is 2.67 bits per heavy atom. The van der Waals surface area contributed by atoms with Gasteiger partial charge in [0.25, 0.3) is 0 Å². The van der Waals surface area contributed by atoms with Crippen molar-refractivity contribution < 1.29 is 9.53 Å². The Balaban J connectivity index is 1.86. The fourth-order valence-corrected chi connectivity index (χ4v) is 2.11. The van der Waals surface area contributed by atoms with E-state index in [1.165, 1.54) is 0 Å². The zero-order valence-corrected chi connectivity index (χ0v) is 9.75. The van der Waals surface area contributed by atoms with Gasteiger partial charge in [-0.05, 0) is 39.7 Å². The molecule has 15 heavy (non-hydrogen) atoms. The highest BCUT2D eigenvalue weighted by Gasteiger charge is 2.38. The Morgan fingerprint density at radius 1 is 1.47 bits per heavy atom. The molecule has 0 unspecified atom stereocenters. The van der Waals surface area contributed by atoms with Crippen LogP contribution in [0.2, 0.25) is 0 Å². The highest BCUT2D eigenvalue weighted by Crippen LogP contribution is 2.24. The molecule has 1 amide bonds. The second kappa shape index (κ2) is 3.67. The fourth-order valence-electron chi connectivity index (χ4n) is 2.11. The quantitative estimate of drug-likeness (QED) is 0.656. The van der Waals surface area contributed by atoms with Gasteiger partial charge in [0.2, 0.25) is 0 Å². The molecule has 4 nitrogen and oxygen atoms in total. The van der Waals surface area contributed by atoms with E-state index in [2.05, 4.69) is 5.32 Å². The minimum absolute atomic E-state index is 0.172. The molecule has 2 fully saturated rings. The number of ether oxygens (including phenoxy) is 1. The molecule has 1 N–H and O–H groups in total. The summed E-state index contributed by atoms with van der Waals surface area (Å²) in [6.45, 7) is 8.47. The van der Waals surface area contributed by atoms with Crippen molar-refractivity contribution in [3.8, 4) is 0 Å². The Bertz CT molecular complexity index is 260. The van der Waals surface area contributed by atoms with Crippen LogP contribution in [0.5, 0.6) is 0 Å². The van der Waals surface area contributed by atoms with Gasteiger partial charge in [-0.15, -0.1) is 0 Å². The summed E-state index contributed by atoms with van der Waals surface area (Å²) in [7, 11) is 0. The van der Waals surface area contributed by atoms with E-state index in [0.717, 1.165) is 32.0 Å². The van der Waals surface area contributed by atoms with Gasteiger partial charge in [-0.1, -0.05) is 0 Å². The first-order valence-corrected chi connectivity index (χ1v) is 5.67. The summed E-state index contributed by atoms with van der Waals surface area (Å²) in [4.78, 5) is 13.6. The van der Waals surface area contributed by atoms with Crippen molar-refractivity contribution in [3.63, 3.8) is 0 Å². The Labute approximate surface area is 91.0 Å². The van der Waals surface area contributed by atoms with Gasteiger partial charge in [-0.2, -0.15) is 0 Å². The first kappa shape index (κ1) is 10.7. The monoisotopic (exact) mass is 212 g/mol. The molecule has 0 saturated carbocycles. The summed E-state index contributed by atoms with van der Waals surface area (Å²) in [5, 5.41) is 3.35. The van der Waals surface area contributed by atoms with E-state index >= 15 is 0 Å². The van der Waals surface area contributed by atoms with Crippen molar-refractivity contribution >= 4 is 6.09 Å². The van der Waals surface area contributed by atoms with Crippen LogP contribution in [-0.4, -0.2) is 42.3 Å². The number of fused-ring (bicyclic) bond motifs is 1. The van der Waals surface area contributed by atoms with Crippen molar-refractivity contribution in [2.24, 2.45) is 5.92 Å². The number of hydrogen-bond acceptors (Lipinski definition) is 3. The number of rotatable bonds is 0. The van der Waals surface area contributed by atoms with E-state index in [9.17, 15) is 4.79 Å². The molecular formula is C11H20N2O2. The van der Waals surface area contributed by atoms with E-state index in [1.54, 1.807) is 0 Å². The summed E-state index contributed by atoms with van der Waals surface area (Å²) < 4.78 is 5.34. The maximum atomic E-state index is 11.8. The van der Waals surface area contributed by atoms with Crippen molar-refractivity contribution in [1.29, 1.82) is 0 Å². The number of carbonyl (C=O) groups is 1. The van der Waals surface area contributed by atoms with Crippen LogP contribution in [0.25, 0.3) is 0 Å². The van der Waals surface area contributed by atoms with Crippen LogP contribution < -0.4 is 5.32 Å². The number of likely N-dealkylation sites (tertiary alicyclic amines) is 1. The molecule has 0 aliphatic carbocycles. The van der Waals surface area contributed by atoms with Crippen molar-refractivity contribution in [1.82, 2.24) is 10.2 Å². The average molecular weight is 212 g/mol. The minimum atomic E-state index is -0.388. The standard InChI is InChI=1S/C11H20N2O2/c1-11(2,3)15-10(14)13-5-4-8-6-12-9(8)7-13/h8-9,12H,4-7H2,1-3H3/t8-,9-/m0/s1. The van der Waals surface area contributed by atoms with Gasteiger partial charge in [-0.3, -0.25) is 0 Å². The topological polar surface area (TPSA) is 41.6 Å². The Morgan fingerprint density at radius 2 is 2.20 bits per heavy atom. The Kier molecular flexibility index (Phi) is 2.63. The molecule has 2 aliphatic rings. The summed E-state index contributed by atoms with van der Waals surface area (Å²) in [6.07, 6.45) is 0.936. The fraction of sp³-hybridized carbons (Fsp3) is 0.909. The van der Waals surface area contributed by atoms with E-state index in [-0.39, 0.29) is 11.7 Å². The normalized spacial score (nSPS) is 30.5. The molecule has 0 aromatic heterocycles. The van der Waals surface area contributed by atoms with Gasteiger partial charge in [0.1, 0.15) is 5.60 Å². The Hall–Kier alpha value is -0.770. The van der Waals surface area contributed by atoms with Crippen LogP contribution in [0, 0.1) is 5.92 Å². The molecular weight excluding hydrogens is 192 g/mol. The van der Waals surface area contributed by atoms with Gasteiger partial charge in [0.15, 0.2) is 0 Å². The van der Waals surface area contributed by atoms with Crippen LogP contribution in [0.15, 0.2) is 0 Å². The summed E-state index contributed by atoms with van der Waals surface area (Å²) in [6, 6.07) is 0.506. The number of nitrogens with one attached hydrogen (secondary N) is 1. The number of carbonyl (C=O) groups excluding carboxylic acids is 1. The maximum Gasteiger partial charge on any atom is 0.410 e. The van der Waals surface area contributed by atoms with Crippen molar-refractivity contribution in [2.75, 3.05) is 19.6 Å². The molecule has 0 aromatic carbocycles. The van der Waals surface area contributed by atoms with Crippen molar-refractivity contribution in [2.45, 2.75) is 38.8 Å². The second-order valence-electron chi connectivity index (χ2n) is 5.49. The lowest BCUT2D eigenvalue weighted by atomic mass is 9.85. The third-order valence-electron chi connectivity index (χ3n) is 3.05. The summed E-state index contributed by atoms with van der Waals surface area (Å²) in [5.41, 5.74) is -0.388. The molecule has 2 heterocycles. The first-order valence-electron chi connectivity index (χ1n) is 5.67. The highest BCUT2D eigenvalue weighted by atomic mass is 16.6. The predicted octanol–water partition coefficient (Wildman–Crippen LogP) is 1.22. The van der Waals surface area contributed by atoms with Gasteiger partial charge >= 0.3 is 6.09 Å². The molecule has 2 rings (SSSR count). The largest absolute Gasteiger partial charge is 0.444 e. The number of piperidine rings is 1. The second-order valence-corrected chi connectivity index (χ2v) is 5.49. The summed E-state index contributed by atoms with van der Waals surface area (Å²) >= 11 is 0. The van der Waals surface area contributed by atoms with Gasteiger partial charge < -0.3 is 15.0 Å². The molecule has 2 aliphatic heterocycles. The highest BCUT2D eigenvalue weighted by molar-refractivity contribution is 5.68. The van der Waals surface area contributed by atoms with E-state index in [4.69, 9.17) is 4.74 Å². The molecule has 4 heteroatoms. The molecule has 0 aromatic rings. The van der Waals surface area contributed by atoms with Gasteiger partial charge in [0, 0.05) is 19.1 Å². The molecule has 0 spiro atoms. The first-order chi connectivity index (χ1) is 6.96. The molecule has 2 atom stereocenters. The zero-order chi connectivity index (χ0) is 11.1. The maximum absolute atomic E-state index is 11.8. The lowest BCUT2D eigenvalue weighted by Gasteiger charge is -2.46. The van der Waals surface area contributed by atoms with Crippen LogP contribution in [0.3, 0.4) is 0 Å². The lowest BCUT2D eigenvalue weighted by Crippen LogP contribution is -2.63. The van der Waals surface area contributed by atoms with Crippen LogP contribution in [0.1, 0.15) is 27.2 Å².